The van der Waals surface area contributed by atoms with Crippen LogP contribution in [0.2, 0.25) is 0 Å². The van der Waals surface area contributed by atoms with Gasteiger partial charge in [-0.3, -0.25) is 10.1 Å². The number of ether oxygens (including phenoxy) is 1. The van der Waals surface area contributed by atoms with Gasteiger partial charge in [0.25, 0.3) is 0 Å². The molecule has 2 rings (SSSR count). The first-order valence-corrected chi connectivity index (χ1v) is 5.84. The predicted molar refractivity (Wildman–Crippen MR) is 70.2 cm³/mol. The fourth-order valence-electron chi connectivity index (χ4n) is 1.81. The van der Waals surface area contributed by atoms with E-state index in [1.54, 1.807) is 19.1 Å². The van der Waals surface area contributed by atoms with Crippen molar-refractivity contribution in [3.05, 3.63) is 63.5 Å². The molecule has 0 aliphatic heterocycles. The zero-order chi connectivity index (χ0) is 14.7. The Kier molecular flexibility index (Phi) is 3.95. The molecule has 0 amide bonds. The zero-order valence-electron chi connectivity index (χ0n) is 10.7. The van der Waals surface area contributed by atoms with Crippen molar-refractivity contribution < 1.29 is 19.2 Å². The molecule has 0 spiro atoms. The Balaban J connectivity index is 2.50. The van der Waals surface area contributed by atoms with Crippen LogP contribution >= 0.6 is 0 Å². The summed E-state index contributed by atoms with van der Waals surface area (Å²) in [4.78, 5) is 10.4. The molecule has 2 aromatic rings. The predicted octanol–water partition coefficient (Wildman–Crippen LogP) is 3.33. The van der Waals surface area contributed by atoms with Crippen molar-refractivity contribution in [3.8, 4) is 11.5 Å². The summed E-state index contributed by atoms with van der Waals surface area (Å²) >= 11 is 0. The Morgan fingerprint density at radius 1 is 1.30 bits per heavy atom. The number of hydrogen-bond acceptors (Lipinski definition) is 4. The van der Waals surface area contributed by atoms with Crippen LogP contribution in [0.5, 0.6) is 11.5 Å². The third-order valence-electron chi connectivity index (χ3n) is 2.83. The summed E-state index contributed by atoms with van der Waals surface area (Å²) < 4.78 is 19.0. The first-order valence-electron chi connectivity index (χ1n) is 5.84. The molecule has 0 radical (unpaired) electrons. The van der Waals surface area contributed by atoms with E-state index in [1.807, 2.05) is 0 Å². The summed E-state index contributed by atoms with van der Waals surface area (Å²) in [6.07, 6.45) is 0. The van der Waals surface area contributed by atoms with Gasteiger partial charge in [0.1, 0.15) is 11.6 Å². The molecule has 0 heterocycles. The van der Waals surface area contributed by atoms with Crippen molar-refractivity contribution >= 4 is 5.69 Å². The summed E-state index contributed by atoms with van der Waals surface area (Å²) in [5, 5.41) is 20.2. The van der Waals surface area contributed by atoms with Crippen molar-refractivity contribution in [2.75, 3.05) is 0 Å². The van der Waals surface area contributed by atoms with E-state index in [-0.39, 0.29) is 22.7 Å². The molecule has 0 saturated carbocycles. The molecule has 0 aliphatic rings. The van der Waals surface area contributed by atoms with Crippen LogP contribution in [0, 0.1) is 22.9 Å². The molecule has 0 bridgehead atoms. The Morgan fingerprint density at radius 3 is 2.65 bits per heavy atom. The molecule has 2 aromatic carbocycles. The van der Waals surface area contributed by atoms with E-state index in [4.69, 9.17) is 4.74 Å². The van der Waals surface area contributed by atoms with Crippen LogP contribution in [0.1, 0.15) is 11.1 Å². The number of hydrogen-bond donors (Lipinski definition) is 1. The Bertz CT molecular complexity index is 658. The molecule has 0 atom stereocenters. The number of nitrogens with zero attached hydrogens (tertiary/aromatic N) is 1. The molecule has 0 saturated heterocycles. The van der Waals surface area contributed by atoms with E-state index < -0.39 is 17.3 Å². The molecule has 0 fully saturated rings. The number of aryl methyl sites for hydroxylation is 1. The second-order valence-corrected chi connectivity index (χ2v) is 4.16. The third-order valence-corrected chi connectivity index (χ3v) is 2.83. The number of halogens is 1. The highest BCUT2D eigenvalue weighted by Crippen LogP contribution is 2.36. The summed E-state index contributed by atoms with van der Waals surface area (Å²) in [5.74, 6) is -0.524. The van der Waals surface area contributed by atoms with Gasteiger partial charge in [-0.2, -0.15) is 0 Å². The number of nitro benzene ring substituents is 1. The first kappa shape index (κ1) is 14.0. The lowest BCUT2D eigenvalue weighted by molar-refractivity contribution is -0.385. The molecular weight excluding hydrogens is 265 g/mol. The molecule has 6 heteroatoms. The smallest absolute Gasteiger partial charge is 0.311 e. The van der Waals surface area contributed by atoms with E-state index in [1.165, 1.54) is 24.3 Å². The number of rotatable bonds is 4. The second-order valence-electron chi connectivity index (χ2n) is 4.16. The Hall–Kier alpha value is -2.47. The minimum atomic E-state index is -0.624. The van der Waals surface area contributed by atoms with Gasteiger partial charge in [0.05, 0.1) is 17.1 Å². The third kappa shape index (κ3) is 2.60. The lowest BCUT2D eigenvalue weighted by Crippen LogP contribution is -1.99. The summed E-state index contributed by atoms with van der Waals surface area (Å²) in [5.41, 5.74) is 0.301. The highest BCUT2D eigenvalue weighted by molar-refractivity contribution is 5.53. The summed E-state index contributed by atoms with van der Waals surface area (Å²) in [7, 11) is 0. The van der Waals surface area contributed by atoms with Gasteiger partial charge >= 0.3 is 5.69 Å². The van der Waals surface area contributed by atoms with Crippen molar-refractivity contribution in [3.63, 3.8) is 0 Å². The lowest BCUT2D eigenvalue weighted by Gasteiger charge is -2.12. The van der Waals surface area contributed by atoms with Gasteiger partial charge < -0.3 is 9.84 Å². The van der Waals surface area contributed by atoms with Crippen molar-refractivity contribution in [2.24, 2.45) is 0 Å². The van der Waals surface area contributed by atoms with Gasteiger partial charge in [0, 0.05) is 6.07 Å². The van der Waals surface area contributed by atoms with Gasteiger partial charge in [-0.15, -0.1) is 0 Å². The average molecular weight is 277 g/mol. The monoisotopic (exact) mass is 277 g/mol. The summed E-state index contributed by atoms with van der Waals surface area (Å²) in [6, 6.07) is 8.54. The van der Waals surface area contributed by atoms with E-state index in [9.17, 15) is 19.6 Å². The highest BCUT2D eigenvalue weighted by atomic mass is 19.1. The molecule has 0 aromatic heterocycles. The van der Waals surface area contributed by atoms with Crippen LogP contribution in [0.4, 0.5) is 10.1 Å². The van der Waals surface area contributed by atoms with E-state index in [0.29, 0.717) is 5.56 Å². The molecule has 5 nitrogen and oxygen atoms in total. The maximum Gasteiger partial charge on any atom is 0.311 e. The van der Waals surface area contributed by atoms with Gasteiger partial charge in [-0.1, -0.05) is 18.2 Å². The first-order chi connectivity index (χ1) is 9.54. The van der Waals surface area contributed by atoms with Crippen molar-refractivity contribution in [1.82, 2.24) is 0 Å². The normalized spacial score (nSPS) is 10.3. The van der Waals surface area contributed by atoms with Gasteiger partial charge in [0.2, 0.25) is 5.75 Å². The second kappa shape index (κ2) is 5.66. The van der Waals surface area contributed by atoms with Gasteiger partial charge in [-0.05, 0) is 24.6 Å². The van der Waals surface area contributed by atoms with E-state index >= 15 is 0 Å². The number of nitro groups is 1. The Labute approximate surface area is 114 Å². The standard InChI is InChI=1S/C14H12FNO4/c1-9-4-2-6-12(16(18)19)14(9)20-13-7-3-5-11(15)10(13)8-17/h2-7,17H,8H2,1H3. The fourth-order valence-corrected chi connectivity index (χ4v) is 1.81. The number of aliphatic hydroxyl groups is 1. The molecule has 0 aliphatic carbocycles. The number of para-hydroxylation sites is 1. The maximum atomic E-state index is 13.5. The average Bonchev–Trinajstić information content (AvgIpc) is 2.41. The minimum Gasteiger partial charge on any atom is -0.449 e. The van der Waals surface area contributed by atoms with Crippen LogP contribution in [-0.4, -0.2) is 10.0 Å². The zero-order valence-corrected chi connectivity index (χ0v) is 10.7. The highest BCUT2D eigenvalue weighted by Gasteiger charge is 2.19. The van der Waals surface area contributed by atoms with Crippen molar-refractivity contribution in [1.29, 1.82) is 0 Å². The number of aliphatic hydroxyl groups excluding tert-OH is 1. The lowest BCUT2D eigenvalue weighted by atomic mass is 10.1. The van der Waals surface area contributed by atoms with Crippen LogP contribution in [0.25, 0.3) is 0 Å². The van der Waals surface area contributed by atoms with Crippen LogP contribution in [0.15, 0.2) is 36.4 Å². The maximum absolute atomic E-state index is 13.5. The largest absolute Gasteiger partial charge is 0.449 e. The fraction of sp³-hybridized carbons (Fsp3) is 0.143. The molecule has 0 unspecified atom stereocenters. The SMILES string of the molecule is Cc1cccc([N+](=O)[O-])c1Oc1cccc(F)c1CO. The Morgan fingerprint density at radius 2 is 2.00 bits per heavy atom. The topological polar surface area (TPSA) is 72.6 Å². The van der Waals surface area contributed by atoms with E-state index in [2.05, 4.69) is 0 Å². The van der Waals surface area contributed by atoms with Gasteiger partial charge in [-0.25, -0.2) is 4.39 Å². The van der Waals surface area contributed by atoms with Crippen molar-refractivity contribution in [2.45, 2.75) is 13.5 Å². The molecule has 1 N–H and O–H groups in total. The summed E-state index contributed by atoms with van der Waals surface area (Å²) in [6.45, 7) is 1.10. The molecule has 20 heavy (non-hydrogen) atoms. The van der Waals surface area contributed by atoms with Crippen LogP contribution in [-0.2, 0) is 6.61 Å². The van der Waals surface area contributed by atoms with Gasteiger partial charge in [0.15, 0.2) is 0 Å². The number of benzene rings is 2. The van der Waals surface area contributed by atoms with E-state index in [0.717, 1.165) is 0 Å². The van der Waals surface area contributed by atoms with Crippen LogP contribution in [0.3, 0.4) is 0 Å². The van der Waals surface area contributed by atoms with Crippen LogP contribution < -0.4 is 4.74 Å². The molecular formula is C14H12FNO4. The quantitative estimate of drug-likeness (QED) is 0.687. The minimum absolute atomic E-state index is 0.0370. The molecule has 104 valence electrons.